The van der Waals surface area contributed by atoms with Crippen molar-refractivity contribution in [3.8, 4) is 6.07 Å². The molecular formula is C23H34N4O4S. The molecule has 2 N–H and O–H groups in total. The minimum Gasteiger partial charge on any atom is -0.376 e. The van der Waals surface area contributed by atoms with Crippen LogP contribution in [0.15, 0.2) is 24.3 Å². The van der Waals surface area contributed by atoms with Gasteiger partial charge in [0, 0.05) is 19.1 Å². The molecule has 8 nitrogen and oxygen atoms in total. The number of nitriles is 1. The number of carbonyl (C=O) groups excluding carboxylic acids is 1. The molecule has 2 fully saturated rings. The molecular weight excluding hydrogens is 428 g/mol. The Morgan fingerprint density at radius 3 is 2.66 bits per heavy atom. The Morgan fingerprint density at radius 2 is 2.00 bits per heavy atom. The molecule has 1 heterocycles. The maximum Gasteiger partial charge on any atom is 0.317 e. The van der Waals surface area contributed by atoms with Gasteiger partial charge in [-0.1, -0.05) is 12.1 Å². The molecule has 1 aliphatic heterocycles. The summed E-state index contributed by atoms with van der Waals surface area (Å²) in [6, 6.07) is 9.15. The number of piperidine rings is 1. The molecule has 1 saturated carbocycles. The number of nitrogens with zero attached hydrogens (tertiary/aromatic N) is 2. The normalized spacial score (nSPS) is 26.3. The van der Waals surface area contributed by atoms with Gasteiger partial charge in [-0.3, -0.25) is 0 Å². The molecule has 0 radical (unpaired) electrons. The fraction of sp³-hybridized carbons (Fsp3) is 0.652. The van der Waals surface area contributed by atoms with E-state index in [0.717, 1.165) is 38.4 Å². The third-order valence-electron chi connectivity index (χ3n) is 6.40. The highest BCUT2D eigenvalue weighted by molar-refractivity contribution is 7.88. The summed E-state index contributed by atoms with van der Waals surface area (Å²) < 4.78 is 32.7. The monoisotopic (exact) mass is 462 g/mol. The lowest BCUT2D eigenvalue weighted by Gasteiger charge is -2.42. The van der Waals surface area contributed by atoms with Crippen molar-refractivity contribution in [2.75, 3.05) is 26.0 Å². The zero-order valence-corrected chi connectivity index (χ0v) is 19.7. The number of amides is 2. The molecule has 32 heavy (non-hydrogen) atoms. The van der Waals surface area contributed by atoms with Crippen LogP contribution < -0.4 is 10.0 Å². The SMILES string of the molecule is CCNC(=O)N1CCC[C@H](NS(C)(=O)=O)[C@@H]1COC1CCC(c2cccc(C#N)c2)CC1. The van der Waals surface area contributed by atoms with Gasteiger partial charge < -0.3 is 15.0 Å². The lowest BCUT2D eigenvalue weighted by atomic mass is 9.82. The van der Waals surface area contributed by atoms with Crippen LogP contribution in [0.3, 0.4) is 0 Å². The Morgan fingerprint density at radius 1 is 1.25 bits per heavy atom. The number of benzene rings is 1. The van der Waals surface area contributed by atoms with Gasteiger partial charge in [0.2, 0.25) is 10.0 Å². The summed E-state index contributed by atoms with van der Waals surface area (Å²) in [4.78, 5) is 14.3. The van der Waals surface area contributed by atoms with Gasteiger partial charge in [0.05, 0.1) is 36.6 Å². The van der Waals surface area contributed by atoms with E-state index in [1.54, 1.807) is 4.90 Å². The Bertz CT molecular complexity index is 922. The topological polar surface area (TPSA) is 112 Å². The Kier molecular flexibility index (Phi) is 8.51. The lowest BCUT2D eigenvalue weighted by molar-refractivity contribution is -0.0173. The maximum atomic E-state index is 12.6. The summed E-state index contributed by atoms with van der Waals surface area (Å²) >= 11 is 0. The van der Waals surface area contributed by atoms with E-state index in [4.69, 9.17) is 10.00 Å². The van der Waals surface area contributed by atoms with E-state index in [0.29, 0.717) is 37.6 Å². The fourth-order valence-electron chi connectivity index (χ4n) is 4.84. The lowest BCUT2D eigenvalue weighted by Crippen LogP contribution is -2.60. The molecule has 0 spiro atoms. The quantitative estimate of drug-likeness (QED) is 0.647. The van der Waals surface area contributed by atoms with Crippen molar-refractivity contribution in [3.63, 3.8) is 0 Å². The van der Waals surface area contributed by atoms with Crippen molar-refractivity contribution in [1.29, 1.82) is 5.26 Å². The molecule has 2 amide bonds. The van der Waals surface area contributed by atoms with Crippen molar-refractivity contribution >= 4 is 16.1 Å². The molecule has 0 aromatic heterocycles. The number of rotatable bonds is 7. The molecule has 1 aliphatic carbocycles. The molecule has 176 valence electrons. The van der Waals surface area contributed by atoms with E-state index in [1.807, 2.05) is 25.1 Å². The first kappa shape index (κ1) is 24.5. The summed E-state index contributed by atoms with van der Waals surface area (Å²) in [7, 11) is -3.39. The van der Waals surface area contributed by atoms with Crippen LogP contribution in [0.2, 0.25) is 0 Å². The van der Waals surface area contributed by atoms with Crippen LogP contribution >= 0.6 is 0 Å². The van der Waals surface area contributed by atoms with Crippen molar-refractivity contribution in [1.82, 2.24) is 14.9 Å². The summed E-state index contributed by atoms with van der Waals surface area (Å²) in [5.74, 6) is 0.421. The predicted molar refractivity (Wildman–Crippen MR) is 123 cm³/mol. The highest BCUT2D eigenvalue weighted by atomic mass is 32.2. The van der Waals surface area contributed by atoms with Gasteiger partial charge in [-0.05, 0) is 69.1 Å². The number of ether oxygens (including phenoxy) is 1. The first-order chi connectivity index (χ1) is 15.3. The molecule has 1 aromatic carbocycles. The van der Waals surface area contributed by atoms with Gasteiger partial charge in [0.15, 0.2) is 0 Å². The highest BCUT2D eigenvalue weighted by Crippen LogP contribution is 2.34. The maximum absolute atomic E-state index is 12.6. The van der Waals surface area contributed by atoms with Crippen molar-refractivity contribution in [2.45, 2.75) is 69.6 Å². The van der Waals surface area contributed by atoms with Gasteiger partial charge in [-0.25, -0.2) is 17.9 Å². The molecule has 9 heteroatoms. The number of likely N-dealkylation sites (tertiary alicyclic amines) is 1. The average molecular weight is 463 g/mol. The first-order valence-electron chi connectivity index (χ1n) is 11.4. The zero-order valence-electron chi connectivity index (χ0n) is 18.9. The smallest absolute Gasteiger partial charge is 0.317 e. The minimum absolute atomic E-state index is 0.0855. The number of hydrogen-bond donors (Lipinski definition) is 2. The van der Waals surface area contributed by atoms with Gasteiger partial charge in [0.25, 0.3) is 0 Å². The summed E-state index contributed by atoms with van der Waals surface area (Å²) in [5, 5.41) is 12.0. The van der Waals surface area contributed by atoms with Crippen LogP contribution in [0.25, 0.3) is 0 Å². The summed E-state index contributed by atoms with van der Waals surface area (Å²) in [6.45, 7) is 3.28. The number of hydrogen-bond acceptors (Lipinski definition) is 5. The third kappa shape index (κ3) is 6.67. The fourth-order valence-corrected chi connectivity index (χ4v) is 5.66. The van der Waals surface area contributed by atoms with E-state index in [-0.39, 0.29) is 24.2 Å². The standard InChI is InChI=1S/C23H34N4O4S/c1-3-25-23(28)27-13-5-8-21(26-32(2,29)30)22(27)16-31-20-11-9-18(10-12-20)19-7-4-6-17(14-19)15-24/h4,6-7,14,18,20-22,26H,3,5,8-13,16H2,1-2H3,(H,25,28)/t18?,20?,21-,22-/m0/s1. The second kappa shape index (κ2) is 11.1. The Balaban J connectivity index is 1.60. The summed E-state index contributed by atoms with van der Waals surface area (Å²) in [5.41, 5.74) is 1.89. The van der Waals surface area contributed by atoms with E-state index in [2.05, 4.69) is 22.2 Å². The van der Waals surface area contributed by atoms with Gasteiger partial charge in [-0.2, -0.15) is 5.26 Å². The van der Waals surface area contributed by atoms with E-state index < -0.39 is 10.0 Å². The molecule has 1 aromatic rings. The second-order valence-corrected chi connectivity index (χ2v) is 10.6. The van der Waals surface area contributed by atoms with E-state index in [9.17, 15) is 13.2 Å². The number of carbonyl (C=O) groups is 1. The van der Waals surface area contributed by atoms with Crippen LogP contribution in [0.4, 0.5) is 4.79 Å². The number of nitrogens with one attached hydrogen (secondary N) is 2. The predicted octanol–water partition coefficient (Wildman–Crippen LogP) is 2.71. The van der Waals surface area contributed by atoms with Crippen LogP contribution in [0, 0.1) is 11.3 Å². The molecule has 2 atom stereocenters. The van der Waals surface area contributed by atoms with Gasteiger partial charge in [-0.15, -0.1) is 0 Å². The van der Waals surface area contributed by atoms with Crippen molar-refractivity contribution in [3.05, 3.63) is 35.4 Å². The van der Waals surface area contributed by atoms with Crippen LogP contribution in [0.5, 0.6) is 0 Å². The average Bonchev–Trinajstić information content (AvgIpc) is 2.77. The minimum atomic E-state index is -3.39. The van der Waals surface area contributed by atoms with Crippen LogP contribution in [-0.4, -0.2) is 63.5 Å². The van der Waals surface area contributed by atoms with E-state index in [1.165, 1.54) is 5.56 Å². The molecule has 1 saturated heterocycles. The van der Waals surface area contributed by atoms with Crippen LogP contribution in [0.1, 0.15) is 62.5 Å². The number of urea groups is 1. The van der Waals surface area contributed by atoms with Gasteiger partial charge >= 0.3 is 6.03 Å². The highest BCUT2D eigenvalue weighted by Gasteiger charge is 2.36. The summed E-state index contributed by atoms with van der Waals surface area (Å²) in [6.07, 6.45) is 6.43. The second-order valence-electron chi connectivity index (χ2n) is 8.78. The molecule has 3 rings (SSSR count). The molecule has 0 bridgehead atoms. The third-order valence-corrected chi connectivity index (χ3v) is 7.13. The Labute approximate surface area is 191 Å². The molecule has 0 unspecified atom stereocenters. The first-order valence-corrected chi connectivity index (χ1v) is 13.3. The Hall–Kier alpha value is -2.15. The van der Waals surface area contributed by atoms with Crippen molar-refractivity contribution in [2.24, 2.45) is 0 Å². The number of sulfonamides is 1. The largest absolute Gasteiger partial charge is 0.376 e. The van der Waals surface area contributed by atoms with E-state index >= 15 is 0 Å². The zero-order chi connectivity index (χ0) is 23.1. The van der Waals surface area contributed by atoms with Crippen LogP contribution in [-0.2, 0) is 14.8 Å². The molecule has 2 aliphatic rings. The van der Waals surface area contributed by atoms with Gasteiger partial charge in [0.1, 0.15) is 0 Å². The van der Waals surface area contributed by atoms with Crippen molar-refractivity contribution < 1.29 is 17.9 Å².